The van der Waals surface area contributed by atoms with E-state index in [1.807, 2.05) is 25.1 Å². The summed E-state index contributed by atoms with van der Waals surface area (Å²) < 4.78 is 0. The molecule has 0 unspecified atom stereocenters. The monoisotopic (exact) mass is 251 g/mol. The van der Waals surface area contributed by atoms with Crippen molar-refractivity contribution in [1.82, 2.24) is 5.32 Å². The van der Waals surface area contributed by atoms with Gasteiger partial charge in [-0.15, -0.1) is 0 Å². The van der Waals surface area contributed by atoms with Gasteiger partial charge in [-0.05, 0) is 18.6 Å². The van der Waals surface area contributed by atoms with Crippen molar-refractivity contribution in [3.63, 3.8) is 0 Å². The van der Waals surface area contributed by atoms with E-state index in [1.54, 1.807) is 6.07 Å². The van der Waals surface area contributed by atoms with Gasteiger partial charge in [-0.25, -0.2) is 0 Å². The van der Waals surface area contributed by atoms with E-state index in [1.165, 1.54) is 0 Å². The topological polar surface area (TPSA) is 64.9 Å². The van der Waals surface area contributed by atoms with E-state index in [4.69, 9.17) is 16.9 Å². The molecule has 4 nitrogen and oxygen atoms in total. The number of para-hydroxylation sites is 1. The van der Waals surface area contributed by atoms with Crippen LogP contribution in [0.25, 0.3) is 0 Å². The molecule has 0 bridgehead atoms. The number of hydrogen-bond donors (Lipinski definition) is 2. The quantitative estimate of drug-likeness (QED) is 0.788. The van der Waals surface area contributed by atoms with Crippen molar-refractivity contribution in [2.24, 2.45) is 0 Å². The normalized spacial score (nSPS) is 9.47. The highest BCUT2D eigenvalue weighted by Crippen LogP contribution is 2.24. The first-order valence-corrected chi connectivity index (χ1v) is 5.65. The third-order valence-corrected chi connectivity index (χ3v) is 2.52. The Bertz CT molecular complexity index is 420. The molecule has 0 atom stereocenters. The van der Waals surface area contributed by atoms with Crippen molar-refractivity contribution in [2.45, 2.75) is 13.3 Å². The Labute approximate surface area is 106 Å². The van der Waals surface area contributed by atoms with Crippen LogP contribution in [0.1, 0.15) is 12.0 Å². The molecule has 2 N–H and O–H groups in total. The van der Waals surface area contributed by atoms with Crippen LogP contribution in [0.15, 0.2) is 18.2 Å². The summed E-state index contributed by atoms with van der Waals surface area (Å²) in [6, 6.07) is 7.50. The summed E-state index contributed by atoms with van der Waals surface area (Å²) >= 11 is 6.00. The van der Waals surface area contributed by atoms with Crippen LogP contribution >= 0.6 is 11.6 Å². The van der Waals surface area contributed by atoms with E-state index in [9.17, 15) is 4.79 Å². The number of nitriles is 1. The zero-order valence-corrected chi connectivity index (χ0v) is 10.3. The third-order valence-electron chi connectivity index (χ3n) is 2.21. The van der Waals surface area contributed by atoms with Crippen LogP contribution in [0.5, 0.6) is 0 Å². The van der Waals surface area contributed by atoms with Crippen molar-refractivity contribution in [1.29, 1.82) is 5.26 Å². The van der Waals surface area contributed by atoms with E-state index >= 15 is 0 Å². The fraction of sp³-hybridized carbons (Fsp3) is 0.333. The summed E-state index contributed by atoms with van der Waals surface area (Å²) in [6.45, 7) is 2.44. The average molecular weight is 252 g/mol. The summed E-state index contributed by atoms with van der Waals surface area (Å²) in [4.78, 5) is 11.4. The van der Waals surface area contributed by atoms with Crippen molar-refractivity contribution in [3.05, 3.63) is 28.8 Å². The van der Waals surface area contributed by atoms with Gasteiger partial charge in [0.25, 0.3) is 0 Å². The molecule has 0 fully saturated rings. The number of amides is 1. The first-order valence-electron chi connectivity index (χ1n) is 5.27. The standard InChI is InChI=1S/C12H14ClN3O/c1-9-4-2-5-10(13)12(9)16-8-11(17)15-7-3-6-14/h2,4-5,16H,3,7-8H2,1H3,(H,15,17). The highest BCUT2D eigenvalue weighted by atomic mass is 35.5. The van der Waals surface area contributed by atoms with Crippen LogP contribution in [0, 0.1) is 18.3 Å². The van der Waals surface area contributed by atoms with Crippen molar-refractivity contribution in [2.75, 3.05) is 18.4 Å². The number of aryl methyl sites for hydroxylation is 1. The summed E-state index contributed by atoms with van der Waals surface area (Å²) in [5.41, 5.74) is 1.76. The van der Waals surface area contributed by atoms with Crippen LogP contribution in [-0.2, 0) is 4.79 Å². The molecule has 0 saturated carbocycles. The molecule has 0 heterocycles. The Morgan fingerprint density at radius 3 is 2.94 bits per heavy atom. The van der Waals surface area contributed by atoms with Gasteiger partial charge in [0.15, 0.2) is 0 Å². The number of hydrogen-bond acceptors (Lipinski definition) is 3. The van der Waals surface area contributed by atoms with Crippen molar-refractivity contribution >= 4 is 23.2 Å². The number of benzene rings is 1. The van der Waals surface area contributed by atoms with Gasteiger partial charge in [-0.3, -0.25) is 4.79 Å². The second-order valence-corrected chi connectivity index (χ2v) is 3.95. The lowest BCUT2D eigenvalue weighted by molar-refractivity contribution is -0.119. The maximum atomic E-state index is 11.4. The summed E-state index contributed by atoms with van der Waals surface area (Å²) in [6.07, 6.45) is 0.316. The average Bonchev–Trinajstić information content (AvgIpc) is 2.29. The first kappa shape index (κ1) is 13.3. The lowest BCUT2D eigenvalue weighted by Crippen LogP contribution is -2.30. The van der Waals surface area contributed by atoms with Gasteiger partial charge in [0.05, 0.1) is 29.7 Å². The number of nitrogens with one attached hydrogen (secondary N) is 2. The number of rotatable bonds is 5. The molecule has 5 heteroatoms. The van der Waals surface area contributed by atoms with Crippen LogP contribution in [0.2, 0.25) is 5.02 Å². The molecular weight excluding hydrogens is 238 g/mol. The van der Waals surface area contributed by atoms with E-state index in [0.29, 0.717) is 18.0 Å². The van der Waals surface area contributed by atoms with Crippen LogP contribution in [0.4, 0.5) is 5.69 Å². The lowest BCUT2D eigenvalue weighted by atomic mass is 10.2. The fourth-order valence-corrected chi connectivity index (χ4v) is 1.63. The molecule has 0 saturated heterocycles. The van der Waals surface area contributed by atoms with Crippen LogP contribution in [0.3, 0.4) is 0 Å². The minimum atomic E-state index is -0.153. The van der Waals surface area contributed by atoms with Crippen molar-refractivity contribution < 1.29 is 4.79 Å². The molecule has 0 aliphatic heterocycles. The zero-order chi connectivity index (χ0) is 12.7. The third kappa shape index (κ3) is 4.33. The lowest BCUT2D eigenvalue weighted by Gasteiger charge is -2.11. The zero-order valence-electron chi connectivity index (χ0n) is 9.59. The molecule has 0 aromatic heterocycles. The molecule has 1 aromatic rings. The number of anilines is 1. The Kier molecular flexibility index (Phi) is 5.31. The minimum Gasteiger partial charge on any atom is -0.375 e. The minimum absolute atomic E-state index is 0.149. The Morgan fingerprint density at radius 1 is 1.53 bits per heavy atom. The summed E-state index contributed by atoms with van der Waals surface area (Å²) in [5.74, 6) is -0.153. The van der Waals surface area contributed by atoms with Crippen molar-refractivity contribution in [3.8, 4) is 6.07 Å². The predicted molar refractivity (Wildman–Crippen MR) is 67.9 cm³/mol. The molecule has 90 valence electrons. The molecule has 0 aliphatic carbocycles. The maximum Gasteiger partial charge on any atom is 0.239 e. The van der Waals surface area contributed by atoms with Gasteiger partial charge in [-0.2, -0.15) is 5.26 Å². The van der Waals surface area contributed by atoms with E-state index in [2.05, 4.69) is 10.6 Å². The van der Waals surface area contributed by atoms with Gasteiger partial charge >= 0.3 is 0 Å². The number of carbonyl (C=O) groups excluding carboxylic acids is 1. The second kappa shape index (κ2) is 6.77. The molecule has 17 heavy (non-hydrogen) atoms. The largest absolute Gasteiger partial charge is 0.375 e. The predicted octanol–water partition coefficient (Wildman–Crippen LogP) is 2.09. The SMILES string of the molecule is Cc1cccc(Cl)c1NCC(=O)NCCC#N. The molecule has 1 rings (SSSR count). The molecule has 0 spiro atoms. The van der Waals surface area contributed by atoms with Gasteiger partial charge in [-0.1, -0.05) is 23.7 Å². The van der Waals surface area contributed by atoms with Crippen LogP contribution < -0.4 is 10.6 Å². The highest BCUT2D eigenvalue weighted by Gasteiger charge is 2.05. The molecule has 1 amide bonds. The molecule has 0 aliphatic rings. The van der Waals surface area contributed by atoms with E-state index in [0.717, 1.165) is 11.3 Å². The van der Waals surface area contributed by atoms with Gasteiger partial charge < -0.3 is 10.6 Å². The van der Waals surface area contributed by atoms with Gasteiger partial charge in [0.1, 0.15) is 0 Å². The van der Waals surface area contributed by atoms with Gasteiger partial charge in [0.2, 0.25) is 5.91 Å². The Hall–Kier alpha value is -1.73. The molecule has 0 radical (unpaired) electrons. The van der Waals surface area contributed by atoms with E-state index in [-0.39, 0.29) is 12.5 Å². The summed E-state index contributed by atoms with van der Waals surface area (Å²) in [5, 5.41) is 14.5. The molecular formula is C12H14ClN3O. The second-order valence-electron chi connectivity index (χ2n) is 3.54. The van der Waals surface area contributed by atoms with Gasteiger partial charge in [0, 0.05) is 6.54 Å². The highest BCUT2D eigenvalue weighted by molar-refractivity contribution is 6.33. The smallest absolute Gasteiger partial charge is 0.239 e. The number of nitrogens with zero attached hydrogens (tertiary/aromatic N) is 1. The van der Waals surface area contributed by atoms with E-state index < -0.39 is 0 Å². The molecule has 1 aromatic carbocycles. The summed E-state index contributed by atoms with van der Waals surface area (Å²) in [7, 11) is 0. The fourth-order valence-electron chi connectivity index (χ4n) is 1.34. The number of halogens is 1. The Morgan fingerprint density at radius 2 is 2.29 bits per heavy atom. The number of carbonyl (C=O) groups is 1. The first-order chi connectivity index (χ1) is 8.15. The van der Waals surface area contributed by atoms with Crippen LogP contribution in [-0.4, -0.2) is 19.0 Å². The maximum absolute atomic E-state index is 11.4. The Balaban J connectivity index is 2.45.